The molecule has 0 spiro atoms. The Labute approximate surface area is 368 Å². The van der Waals surface area contributed by atoms with Gasteiger partial charge in [0.25, 0.3) is 11.9 Å². The Hall–Kier alpha value is -9.02. The summed E-state index contributed by atoms with van der Waals surface area (Å²) in [4.78, 5) is 38.2. The Morgan fingerprint density at radius 3 is 1.11 bits per heavy atom. The fraction of sp³-hybridized carbons (Fsp3) is 0. The molecular weight excluding hydrogens is 789 g/mol. The van der Waals surface area contributed by atoms with Crippen molar-refractivity contribution in [1.29, 1.82) is 0 Å². The lowest BCUT2D eigenvalue weighted by atomic mass is 10.1. The van der Waals surface area contributed by atoms with E-state index in [9.17, 15) is 0 Å². The molecule has 0 unspecified atom stereocenters. The molecule has 12 rings (SSSR count). The molecule has 0 amide bonds. The minimum absolute atomic E-state index is 0.357. The van der Waals surface area contributed by atoms with E-state index in [1.54, 1.807) is 4.90 Å². The monoisotopic (exact) mass is 825 g/mol. The maximum atomic E-state index is 5.33. The highest BCUT2D eigenvalue weighted by Crippen LogP contribution is 2.35. The Morgan fingerprint density at radius 1 is 0.297 bits per heavy atom. The first-order chi connectivity index (χ1) is 31.7. The van der Waals surface area contributed by atoms with Crippen molar-refractivity contribution in [2.45, 2.75) is 0 Å². The molecule has 0 saturated heterocycles. The van der Waals surface area contributed by atoms with Gasteiger partial charge in [0.1, 0.15) is 0 Å². The summed E-state index contributed by atoms with van der Waals surface area (Å²) in [6.45, 7) is 0. The van der Waals surface area contributed by atoms with Crippen molar-refractivity contribution in [2.75, 3.05) is 14.7 Å². The van der Waals surface area contributed by atoms with Gasteiger partial charge in [0.2, 0.25) is 5.96 Å². The zero-order valence-electron chi connectivity index (χ0n) is 34.3. The molecule has 0 saturated carbocycles. The van der Waals surface area contributed by atoms with Gasteiger partial charge in [-0.3, -0.25) is 9.80 Å². The number of hydrogen-bond donors (Lipinski definition) is 1. The van der Waals surface area contributed by atoms with E-state index < -0.39 is 0 Å². The maximum Gasteiger partial charge on any atom is 0.339 e. The van der Waals surface area contributed by atoms with E-state index in [1.165, 1.54) is 0 Å². The lowest BCUT2D eigenvalue weighted by Crippen LogP contribution is -2.87. The predicted molar refractivity (Wildman–Crippen MR) is 263 cm³/mol. The van der Waals surface area contributed by atoms with E-state index >= 15 is 0 Å². The summed E-state index contributed by atoms with van der Waals surface area (Å²) < 4.78 is 0. The van der Waals surface area contributed by atoms with Crippen molar-refractivity contribution in [3.8, 4) is 0 Å². The fourth-order valence-electron chi connectivity index (χ4n) is 8.44. The number of hydrogen-bond acceptors (Lipinski definition) is 9. The summed E-state index contributed by atoms with van der Waals surface area (Å²) in [6.07, 6.45) is 0. The molecule has 1 N–H and O–H groups in total. The van der Waals surface area contributed by atoms with Crippen molar-refractivity contribution >= 4 is 102 Å². The summed E-state index contributed by atoms with van der Waals surface area (Å²) in [5, 5.41) is 6.71. The molecule has 10 heteroatoms. The third-order valence-corrected chi connectivity index (χ3v) is 11.5. The summed E-state index contributed by atoms with van der Waals surface area (Å²) in [7, 11) is 0. The second-order valence-electron chi connectivity index (χ2n) is 15.5. The van der Waals surface area contributed by atoms with Gasteiger partial charge < -0.3 is 0 Å². The molecule has 64 heavy (non-hydrogen) atoms. The first-order valence-electron chi connectivity index (χ1n) is 21.1. The number of guanidine groups is 6. The van der Waals surface area contributed by atoms with Gasteiger partial charge >= 0.3 is 17.9 Å². The third kappa shape index (κ3) is 6.63. The fourth-order valence-corrected chi connectivity index (χ4v) is 8.44. The maximum absolute atomic E-state index is 5.33. The Bertz CT molecular complexity index is 3100. The van der Waals surface area contributed by atoms with Crippen molar-refractivity contribution in [1.82, 2.24) is 4.90 Å². The zero-order chi connectivity index (χ0) is 42.4. The lowest BCUT2D eigenvalue weighted by Gasteiger charge is -2.32. The second kappa shape index (κ2) is 15.5. The first kappa shape index (κ1) is 36.8. The molecule has 3 heterocycles. The number of nitrogens with one attached hydrogen (secondary N) is 1. The van der Waals surface area contributed by atoms with Crippen LogP contribution in [0.4, 0.5) is 34.1 Å². The zero-order valence-corrected chi connectivity index (χ0v) is 34.3. The number of benzene rings is 9. The highest BCUT2D eigenvalue weighted by atomic mass is 15.6. The van der Waals surface area contributed by atoms with Gasteiger partial charge in [-0.25, -0.2) is 9.89 Å². The van der Waals surface area contributed by atoms with Gasteiger partial charge in [0, 0.05) is 17.1 Å². The Morgan fingerprint density at radius 2 is 0.656 bits per heavy atom. The van der Waals surface area contributed by atoms with Crippen LogP contribution in [0.15, 0.2) is 243 Å². The summed E-state index contributed by atoms with van der Waals surface area (Å²) >= 11 is 0. The van der Waals surface area contributed by atoms with Crippen LogP contribution in [0.2, 0.25) is 0 Å². The molecule has 0 aromatic heterocycles. The van der Waals surface area contributed by atoms with Crippen LogP contribution in [-0.2, 0) is 0 Å². The average molecular weight is 826 g/mol. The standard InChI is InChI=1S/C54H36N10/c1-4-22-43(23-5-1)61(46-31-28-37-16-10-13-19-40(37)34-46)49-55-52-57-50(62(44-24-6-2-7-25-44)47-32-29-38-17-11-14-20-41(38)35-47)59-54-60-51(58-53(56-49)64(52)54)63(45-26-8-3-9-27-45)48-33-30-39-18-12-15-21-42(39)36-48/h1-36H/p+1. The number of anilines is 6. The molecule has 10 nitrogen and oxygen atoms in total. The average Bonchev–Trinajstić information content (AvgIpc) is 3.35. The number of para-hydroxylation sites is 3. The van der Waals surface area contributed by atoms with Gasteiger partial charge in [0.15, 0.2) is 0 Å². The van der Waals surface area contributed by atoms with Gasteiger partial charge in [-0.2, -0.15) is 19.9 Å². The van der Waals surface area contributed by atoms with E-state index in [1.807, 2.05) is 54.6 Å². The van der Waals surface area contributed by atoms with Crippen LogP contribution in [0, 0.1) is 0 Å². The van der Waals surface area contributed by atoms with Crippen LogP contribution < -0.4 is 19.7 Å². The molecule has 3 aliphatic rings. The smallest absolute Gasteiger partial charge is 0.279 e. The molecule has 0 radical (unpaired) electrons. The SMILES string of the molecule is c1ccc(N(C2=NC3=NC(N(c4ccccc4)c4ccc5ccccc5c4)=[NH+]C4=NC(N(c5ccccc5)c5ccc6ccccc6c5)=NC(=N2)N34)c2ccc3ccccc3c2)cc1. The van der Waals surface area contributed by atoms with Gasteiger partial charge in [0.05, 0.1) is 17.1 Å². The van der Waals surface area contributed by atoms with E-state index in [0.29, 0.717) is 35.8 Å². The molecule has 0 atom stereocenters. The largest absolute Gasteiger partial charge is 0.339 e. The Kier molecular flexibility index (Phi) is 8.89. The van der Waals surface area contributed by atoms with E-state index in [-0.39, 0.29) is 0 Å². The second-order valence-corrected chi connectivity index (χ2v) is 15.5. The van der Waals surface area contributed by atoms with Crippen molar-refractivity contribution in [2.24, 2.45) is 25.0 Å². The molecular formula is C54H37N10+. The molecule has 0 aliphatic carbocycles. The predicted octanol–water partition coefficient (Wildman–Crippen LogP) is 10.5. The quantitative estimate of drug-likeness (QED) is 0.181. The number of nitrogens with zero attached hydrogens (tertiary/aromatic N) is 9. The van der Waals surface area contributed by atoms with Crippen molar-refractivity contribution in [3.05, 3.63) is 218 Å². The van der Waals surface area contributed by atoms with Crippen LogP contribution in [0.1, 0.15) is 0 Å². The van der Waals surface area contributed by atoms with E-state index in [0.717, 1.165) is 66.4 Å². The van der Waals surface area contributed by atoms with Crippen molar-refractivity contribution in [3.63, 3.8) is 0 Å². The summed E-state index contributed by atoms with van der Waals surface area (Å²) in [5.74, 6) is 2.48. The highest BCUT2D eigenvalue weighted by Gasteiger charge is 2.44. The lowest BCUT2D eigenvalue weighted by molar-refractivity contribution is -0.330. The Balaban J connectivity index is 1.10. The molecule has 9 aromatic rings. The summed E-state index contributed by atoms with van der Waals surface area (Å²) in [6, 6.07) is 74.8. The van der Waals surface area contributed by atoms with Gasteiger partial charge in [-0.15, -0.1) is 0 Å². The van der Waals surface area contributed by atoms with Crippen LogP contribution in [-0.4, -0.2) is 40.7 Å². The van der Waals surface area contributed by atoms with Crippen molar-refractivity contribution < 1.29 is 4.99 Å². The van der Waals surface area contributed by atoms with E-state index in [4.69, 9.17) is 25.0 Å². The highest BCUT2D eigenvalue weighted by molar-refractivity contribution is 6.31. The van der Waals surface area contributed by atoms with Gasteiger partial charge in [-0.05, 0) is 105 Å². The minimum atomic E-state index is 0.357. The normalized spacial score (nSPS) is 14.2. The van der Waals surface area contributed by atoms with Crippen LogP contribution >= 0.6 is 0 Å². The number of fused-ring (bicyclic) bond motifs is 3. The number of aliphatic imine (C=N–C) groups is 5. The van der Waals surface area contributed by atoms with Crippen LogP contribution in [0.25, 0.3) is 32.3 Å². The summed E-state index contributed by atoms with van der Waals surface area (Å²) in [5.41, 5.74) is 5.36. The number of rotatable bonds is 6. The van der Waals surface area contributed by atoms with Crippen LogP contribution in [0.5, 0.6) is 0 Å². The minimum Gasteiger partial charge on any atom is -0.279 e. The van der Waals surface area contributed by atoms with E-state index in [2.05, 4.69) is 183 Å². The molecule has 0 fully saturated rings. The molecule has 9 aromatic carbocycles. The van der Waals surface area contributed by atoms with Gasteiger partial charge in [-0.1, -0.05) is 156 Å². The molecule has 302 valence electrons. The molecule has 3 aliphatic heterocycles. The first-order valence-corrected chi connectivity index (χ1v) is 21.1. The molecule has 0 bridgehead atoms. The third-order valence-electron chi connectivity index (χ3n) is 11.5. The van der Waals surface area contributed by atoms with Crippen LogP contribution in [0.3, 0.4) is 0 Å². The topological polar surface area (TPSA) is 88.7 Å².